The highest BCUT2D eigenvalue weighted by atomic mass is 32.2. The SMILES string of the molecule is CCCCS(=O)(=O)OF.CCN1C=CN(C)C1.CCN1C=CN(C)C1.CCN1C=CN(C)C1.N#CNC#N.O=S(=O)(O)C(F)(F)F. The summed E-state index contributed by atoms with van der Waals surface area (Å²) in [5, 5.41) is 16.7. The summed E-state index contributed by atoms with van der Waals surface area (Å²) in [5.41, 5.74) is -5.53. The number of hydrogen-bond donors (Lipinski definition) is 2. The summed E-state index contributed by atoms with van der Waals surface area (Å²) in [6.07, 6.45) is 16.6. The smallest absolute Gasteiger partial charge is 0.362 e. The average Bonchev–Trinajstić information content (AvgIpc) is 3.73. The van der Waals surface area contributed by atoms with E-state index < -0.39 is 25.7 Å². The van der Waals surface area contributed by atoms with Crippen molar-refractivity contribution in [3.05, 3.63) is 37.2 Å². The molecule has 0 saturated carbocycles. The lowest BCUT2D eigenvalue weighted by atomic mass is 10.4. The molecule has 0 bridgehead atoms. The van der Waals surface area contributed by atoms with Crippen LogP contribution in [0.15, 0.2) is 37.2 Å². The first kappa shape index (κ1) is 46.8. The Labute approximate surface area is 270 Å². The van der Waals surface area contributed by atoms with Crippen molar-refractivity contribution in [2.24, 2.45) is 0 Å². The summed E-state index contributed by atoms with van der Waals surface area (Å²) in [6.45, 7) is 14.8. The first-order valence-corrected chi connectivity index (χ1v) is 16.8. The molecule has 21 heteroatoms. The zero-order chi connectivity index (χ0) is 36.4. The van der Waals surface area contributed by atoms with Gasteiger partial charge in [-0.25, -0.2) is 5.32 Å². The van der Waals surface area contributed by atoms with Gasteiger partial charge in [-0.3, -0.25) is 4.55 Å². The molecule has 3 heterocycles. The van der Waals surface area contributed by atoms with Crippen LogP contribution in [0.5, 0.6) is 0 Å². The van der Waals surface area contributed by atoms with Gasteiger partial charge < -0.3 is 29.4 Å². The molecular weight excluding hydrogens is 662 g/mol. The molecule has 0 aliphatic carbocycles. The van der Waals surface area contributed by atoms with Crippen LogP contribution in [-0.2, 0) is 24.6 Å². The molecule has 0 aromatic heterocycles. The van der Waals surface area contributed by atoms with Gasteiger partial charge in [-0.15, -0.1) is 0 Å². The van der Waals surface area contributed by atoms with E-state index in [0.717, 1.165) is 39.6 Å². The number of nitrogens with zero attached hydrogens (tertiary/aromatic N) is 8. The molecule has 0 fully saturated rings. The molecule has 268 valence electrons. The zero-order valence-corrected chi connectivity index (χ0v) is 28.9. The molecule has 3 rings (SSSR count). The Morgan fingerprint density at radius 3 is 1.17 bits per heavy atom. The molecule has 2 N–H and O–H groups in total. The van der Waals surface area contributed by atoms with Gasteiger partial charge in [-0.1, -0.05) is 17.7 Å². The van der Waals surface area contributed by atoms with Crippen LogP contribution in [0.1, 0.15) is 40.5 Å². The van der Waals surface area contributed by atoms with E-state index in [0.29, 0.717) is 12.8 Å². The molecule has 0 spiro atoms. The summed E-state index contributed by atoms with van der Waals surface area (Å²) in [6, 6.07) is 0. The number of rotatable bonds is 7. The lowest BCUT2D eigenvalue weighted by Gasteiger charge is -2.14. The van der Waals surface area contributed by atoms with E-state index in [-0.39, 0.29) is 5.75 Å². The second-order valence-corrected chi connectivity index (χ2v) is 12.3. The van der Waals surface area contributed by atoms with Crippen molar-refractivity contribution >= 4 is 20.2 Å². The molecule has 0 atom stereocenters. The van der Waals surface area contributed by atoms with Crippen molar-refractivity contribution in [2.45, 2.75) is 46.0 Å². The molecule has 0 unspecified atom stereocenters. The van der Waals surface area contributed by atoms with Gasteiger partial charge in [0.05, 0.1) is 25.8 Å². The van der Waals surface area contributed by atoms with E-state index in [4.69, 9.17) is 23.5 Å². The molecular formula is C25H47F4N9O6S2. The van der Waals surface area contributed by atoms with Crippen LogP contribution in [0.2, 0.25) is 0 Å². The highest BCUT2D eigenvalue weighted by molar-refractivity contribution is 7.86. The van der Waals surface area contributed by atoms with Gasteiger partial charge in [0.2, 0.25) is 0 Å². The molecule has 46 heavy (non-hydrogen) atoms. The zero-order valence-electron chi connectivity index (χ0n) is 27.2. The van der Waals surface area contributed by atoms with Crippen LogP contribution >= 0.6 is 0 Å². The summed E-state index contributed by atoms with van der Waals surface area (Å²) in [7, 11) is -3.46. The quantitative estimate of drug-likeness (QED) is 0.130. The van der Waals surface area contributed by atoms with E-state index in [1.807, 2.05) is 6.92 Å². The van der Waals surface area contributed by atoms with Crippen molar-refractivity contribution in [3.8, 4) is 12.4 Å². The summed E-state index contributed by atoms with van der Waals surface area (Å²) >= 11 is 0. The van der Waals surface area contributed by atoms with Gasteiger partial charge in [0.15, 0.2) is 12.4 Å². The topological polar surface area (TPSA) is 177 Å². The van der Waals surface area contributed by atoms with Gasteiger partial charge in [0, 0.05) is 78.0 Å². The van der Waals surface area contributed by atoms with Gasteiger partial charge in [0.1, 0.15) is 0 Å². The molecule has 0 aromatic rings. The largest absolute Gasteiger partial charge is 0.522 e. The maximum Gasteiger partial charge on any atom is 0.522 e. The monoisotopic (exact) mass is 709 g/mol. The fourth-order valence-corrected chi connectivity index (χ4v) is 3.47. The number of hydrogen-bond acceptors (Lipinski definition) is 14. The highest BCUT2D eigenvalue weighted by Gasteiger charge is 2.44. The number of alkyl halides is 3. The van der Waals surface area contributed by atoms with Crippen molar-refractivity contribution < 1.29 is 43.5 Å². The minimum Gasteiger partial charge on any atom is -0.362 e. The van der Waals surface area contributed by atoms with Crippen molar-refractivity contribution in [2.75, 3.05) is 66.5 Å². The predicted octanol–water partition coefficient (Wildman–Crippen LogP) is 3.00. The average molecular weight is 710 g/mol. The third-order valence-corrected chi connectivity index (χ3v) is 6.84. The number of halogens is 4. The molecule has 15 nitrogen and oxygen atoms in total. The lowest BCUT2D eigenvalue weighted by molar-refractivity contribution is -0.0510. The lowest BCUT2D eigenvalue weighted by Crippen LogP contribution is -2.21. The Morgan fingerprint density at radius 2 is 1.07 bits per heavy atom. The molecule has 0 amide bonds. The standard InChI is InChI=1S/3C6H12N2.C4H9FO3S.C2HN3.CHF3O3S/c3*1-3-8-5-4-7(2)6-8;1-2-3-4-9(6,7)8-5;3-1-5-2-4;2-1(3,4)8(5,6)7/h3*4-5H,3,6H2,1-2H3;2-4H2,1H3;5H;(H,5,6,7). The minimum absolute atomic E-state index is 0.236. The molecule has 0 aromatic carbocycles. The Hall–Kier alpha value is -3.66. The highest BCUT2D eigenvalue weighted by Crippen LogP contribution is 2.20. The van der Waals surface area contributed by atoms with Gasteiger partial charge in [-0.05, 0) is 31.7 Å². The first-order chi connectivity index (χ1) is 21.3. The van der Waals surface area contributed by atoms with E-state index >= 15 is 0 Å². The van der Waals surface area contributed by atoms with Crippen LogP contribution < -0.4 is 5.32 Å². The number of nitriles is 2. The number of nitrogens with one attached hydrogen (secondary N) is 1. The summed E-state index contributed by atoms with van der Waals surface area (Å²) < 4.78 is 91.6. The van der Waals surface area contributed by atoms with Gasteiger partial charge in [-0.2, -0.15) is 40.5 Å². The Bertz CT molecular complexity index is 1120. The normalized spacial score (nSPS) is 14.7. The van der Waals surface area contributed by atoms with Gasteiger partial charge in [0.25, 0.3) is 10.1 Å². The molecule has 0 saturated heterocycles. The third-order valence-electron chi connectivity index (χ3n) is 5.28. The Kier molecular flexibility index (Phi) is 25.9. The fraction of sp³-hybridized carbons (Fsp3) is 0.680. The van der Waals surface area contributed by atoms with Crippen molar-refractivity contribution in [1.82, 2.24) is 34.7 Å². The van der Waals surface area contributed by atoms with E-state index in [2.05, 4.69) is 113 Å². The van der Waals surface area contributed by atoms with Crippen LogP contribution in [0, 0.1) is 22.9 Å². The fourth-order valence-electron chi connectivity index (χ4n) is 2.76. The second kappa shape index (κ2) is 25.5. The van der Waals surface area contributed by atoms with Crippen molar-refractivity contribution in [3.63, 3.8) is 0 Å². The molecule has 3 aliphatic rings. The second-order valence-electron chi connectivity index (χ2n) is 9.25. The van der Waals surface area contributed by atoms with Crippen LogP contribution in [-0.4, -0.2) is 123 Å². The molecule has 0 radical (unpaired) electrons. The first-order valence-electron chi connectivity index (χ1n) is 13.7. The number of unbranched alkanes of at least 4 members (excludes halogenated alkanes) is 1. The molecule has 3 aliphatic heterocycles. The van der Waals surface area contributed by atoms with E-state index in [9.17, 15) is 26.1 Å². The van der Waals surface area contributed by atoms with E-state index in [1.54, 1.807) is 5.32 Å². The van der Waals surface area contributed by atoms with Gasteiger partial charge >= 0.3 is 15.6 Å². The predicted molar refractivity (Wildman–Crippen MR) is 165 cm³/mol. The van der Waals surface area contributed by atoms with Crippen LogP contribution in [0.3, 0.4) is 0 Å². The minimum atomic E-state index is -5.84. The Morgan fingerprint density at radius 1 is 0.761 bits per heavy atom. The maximum atomic E-state index is 11.0. The third kappa shape index (κ3) is 26.7. The Balaban J connectivity index is -0.000000486. The van der Waals surface area contributed by atoms with Crippen LogP contribution in [0.4, 0.5) is 17.7 Å². The van der Waals surface area contributed by atoms with Crippen molar-refractivity contribution in [1.29, 1.82) is 10.5 Å². The summed E-state index contributed by atoms with van der Waals surface area (Å²) in [4.78, 5) is 13.2. The maximum absolute atomic E-state index is 11.0. The summed E-state index contributed by atoms with van der Waals surface area (Å²) in [5.74, 6) is -0.236. The van der Waals surface area contributed by atoms with E-state index in [1.165, 1.54) is 12.4 Å². The van der Waals surface area contributed by atoms with Crippen LogP contribution in [0.25, 0.3) is 0 Å².